The van der Waals surface area contributed by atoms with Crippen molar-refractivity contribution in [2.24, 2.45) is 5.92 Å². The highest BCUT2D eigenvalue weighted by molar-refractivity contribution is 7.91. The Bertz CT molecular complexity index is 710. The first-order valence-corrected chi connectivity index (χ1v) is 8.58. The summed E-state index contributed by atoms with van der Waals surface area (Å²) in [5.41, 5.74) is 0.677. The molecule has 2 heterocycles. The molecule has 2 aliphatic heterocycles. The molecular formula is C14H15NO5S. The summed E-state index contributed by atoms with van der Waals surface area (Å²) in [6.07, 6.45) is 0.348. The van der Waals surface area contributed by atoms with Gasteiger partial charge in [0.2, 0.25) is 0 Å². The third-order valence-corrected chi connectivity index (χ3v) is 5.53. The van der Waals surface area contributed by atoms with Crippen LogP contribution in [-0.2, 0) is 9.84 Å². The lowest BCUT2D eigenvalue weighted by Gasteiger charge is -2.10. The largest absolute Gasteiger partial charge is 0.491 e. The maximum atomic E-state index is 12.4. The van der Waals surface area contributed by atoms with Crippen LogP contribution in [0.5, 0.6) is 5.75 Å². The Morgan fingerprint density at radius 1 is 1.33 bits per heavy atom. The Hall–Kier alpha value is -1.89. The van der Waals surface area contributed by atoms with E-state index in [1.807, 2.05) is 0 Å². The van der Waals surface area contributed by atoms with Gasteiger partial charge < -0.3 is 10.1 Å². The molecule has 7 heteroatoms. The number of hydrogen-bond donors (Lipinski definition) is 1. The molecule has 1 amide bonds. The topological polar surface area (TPSA) is 89.5 Å². The second kappa shape index (κ2) is 5.14. The summed E-state index contributed by atoms with van der Waals surface area (Å²) in [5, 5.41) is 2.68. The van der Waals surface area contributed by atoms with E-state index in [0.29, 0.717) is 36.4 Å². The van der Waals surface area contributed by atoms with E-state index >= 15 is 0 Å². The summed E-state index contributed by atoms with van der Waals surface area (Å²) in [6.45, 7) is 0.796. The molecule has 0 radical (unpaired) electrons. The Kier molecular flexibility index (Phi) is 3.44. The fourth-order valence-electron chi connectivity index (χ4n) is 2.64. The van der Waals surface area contributed by atoms with Crippen LogP contribution in [0, 0.1) is 5.92 Å². The summed E-state index contributed by atoms with van der Waals surface area (Å²) < 4.78 is 28.4. The highest BCUT2D eigenvalue weighted by Crippen LogP contribution is 2.26. The monoisotopic (exact) mass is 309 g/mol. The maximum absolute atomic E-state index is 12.4. The van der Waals surface area contributed by atoms with Crippen LogP contribution in [0.4, 0.5) is 0 Å². The number of fused-ring (bicyclic) bond motifs is 1. The number of carbonyl (C=O) groups is 2. The molecule has 0 bridgehead atoms. The van der Waals surface area contributed by atoms with E-state index in [-0.39, 0.29) is 23.2 Å². The highest BCUT2D eigenvalue weighted by Gasteiger charge is 2.33. The van der Waals surface area contributed by atoms with E-state index in [1.165, 1.54) is 6.07 Å². The molecule has 112 valence electrons. The first-order chi connectivity index (χ1) is 9.96. The van der Waals surface area contributed by atoms with Gasteiger partial charge in [-0.05, 0) is 24.6 Å². The van der Waals surface area contributed by atoms with Gasteiger partial charge in [-0.25, -0.2) is 8.42 Å². The lowest BCUT2D eigenvalue weighted by Crippen LogP contribution is -2.24. The van der Waals surface area contributed by atoms with Crippen LogP contribution in [0.2, 0.25) is 0 Å². The van der Waals surface area contributed by atoms with Gasteiger partial charge in [0.05, 0.1) is 23.6 Å². The van der Waals surface area contributed by atoms with Crippen LogP contribution in [0.15, 0.2) is 18.2 Å². The molecular weight excluding hydrogens is 294 g/mol. The Balaban J connectivity index is 1.90. The molecule has 0 saturated carbocycles. The van der Waals surface area contributed by atoms with Crippen molar-refractivity contribution in [3.05, 3.63) is 29.3 Å². The highest BCUT2D eigenvalue weighted by atomic mass is 32.2. The van der Waals surface area contributed by atoms with Crippen LogP contribution in [0.25, 0.3) is 0 Å². The van der Waals surface area contributed by atoms with Crippen molar-refractivity contribution >= 4 is 21.5 Å². The molecule has 21 heavy (non-hydrogen) atoms. The number of benzene rings is 1. The number of rotatable bonds is 2. The average molecular weight is 309 g/mol. The number of ether oxygens (including phenoxy) is 1. The van der Waals surface area contributed by atoms with Gasteiger partial charge >= 0.3 is 0 Å². The van der Waals surface area contributed by atoms with E-state index in [2.05, 4.69) is 5.32 Å². The van der Waals surface area contributed by atoms with Gasteiger partial charge in [-0.3, -0.25) is 9.59 Å². The first kappa shape index (κ1) is 14.1. The molecule has 2 aliphatic rings. The van der Waals surface area contributed by atoms with Crippen molar-refractivity contribution in [2.45, 2.75) is 6.42 Å². The van der Waals surface area contributed by atoms with Gasteiger partial charge in [0, 0.05) is 11.5 Å². The smallest absolute Gasteiger partial charge is 0.255 e. The Labute approximate surface area is 122 Å². The number of Topliss-reactive ketones (excluding diaryl/α,β-unsaturated/α-hetero) is 1. The molecule has 3 rings (SSSR count). The SMILES string of the molecule is O=C1NCCOc2ccc(C(=O)C3CCS(=O)(=O)C3)cc21. The molecule has 1 fully saturated rings. The molecule has 0 aromatic heterocycles. The van der Waals surface area contributed by atoms with Gasteiger partial charge in [0.25, 0.3) is 5.91 Å². The molecule has 1 atom stereocenters. The number of amides is 1. The van der Waals surface area contributed by atoms with Crippen molar-refractivity contribution < 1.29 is 22.7 Å². The minimum atomic E-state index is -3.11. The Morgan fingerprint density at radius 3 is 2.86 bits per heavy atom. The molecule has 1 aromatic rings. The van der Waals surface area contributed by atoms with E-state index in [0.717, 1.165) is 0 Å². The van der Waals surface area contributed by atoms with Crippen molar-refractivity contribution in [1.29, 1.82) is 0 Å². The second-order valence-electron chi connectivity index (χ2n) is 5.28. The predicted octanol–water partition coefficient (Wildman–Crippen LogP) is 0.426. The number of nitrogens with one attached hydrogen (secondary N) is 1. The van der Waals surface area contributed by atoms with Crippen molar-refractivity contribution in [1.82, 2.24) is 5.32 Å². The van der Waals surface area contributed by atoms with Gasteiger partial charge in [-0.2, -0.15) is 0 Å². The minimum Gasteiger partial charge on any atom is -0.491 e. The number of hydrogen-bond acceptors (Lipinski definition) is 5. The lowest BCUT2D eigenvalue weighted by atomic mass is 9.95. The second-order valence-corrected chi connectivity index (χ2v) is 7.51. The van der Waals surface area contributed by atoms with Crippen LogP contribution < -0.4 is 10.1 Å². The van der Waals surface area contributed by atoms with Gasteiger partial charge in [0.1, 0.15) is 12.4 Å². The molecule has 6 nitrogen and oxygen atoms in total. The van der Waals surface area contributed by atoms with Crippen molar-refractivity contribution in [3.63, 3.8) is 0 Å². The molecule has 0 spiro atoms. The third kappa shape index (κ3) is 2.78. The zero-order chi connectivity index (χ0) is 15.0. The summed E-state index contributed by atoms with van der Waals surface area (Å²) in [5.74, 6) is -0.626. The van der Waals surface area contributed by atoms with Gasteiger partial charge in [0.15, 0.2) is 15.6 Å². The summed E-state index contributed by atoms with van der Waals surface area (Å²) in [6, 6.07) is 4.67. The number of sulfone groups is 1. The first-order valence-electron chi connectivity index (χ1n) is 6.76. The number of carbonyl (C=O) groups excluding carboxylic acids is 2. The van der Waals surface area contributed by atoms with Crippen LogP contribution in [-0.4, -0.2) is 44.8 Å². The molecule has 0 aliphatic carbocycles. The fourth-order valence-corrected chi connectivity index (χ4v) is 4.39. The zero-order valence-electron chi connectivity index (χ0n) is 11.3. The van der Waals surface area contributed by atoms with E-state index in [4.69, 9.17) is 4.74 Å². The van der Waals surface area contributed by atoms with Crippen LogP contribution >= 0.6 is 0 Å². The van der Waals surface area contributed by atoms with Gasteiger partial charge in [-0.15, -0.1) is 0 Å². The molecule has 1 unspecified atom stereocenters. The maximum Gasteiger partial charge on any atom is 0.255 e. The molecule has 1 N–H and O–H groups in total. The number of ketones is 1. The third-order valence-electron chi connectivity index (χ3n) is 3.76. The fraction of sp³-hybridized carbons (Fsp3) is 0.429. The van der Waals surface area contributed by atoms with Crippen molar-refractivity contribution in [2.75, 3.05) is 24.7 Å². The minimum absolute atomic E-state index is 0.0535. The molecule has 1 saturated heterocycles. The summed E-state index contributed by atoms with van der Waals surface area (Å²) in [7, 11) is -3.11. The van der Waals surface area contributed by atoms with E-state index < -0.39 is 15.8 Å². The summed E-state index contributed by atoms with van der Waals surface area (Å²) in [4.78, 5) is 24.3. The zero-order valence-corrected chi connectivity index (χ0v) is 12.1. The van der Waals surface area contributed by atoms with Gasteiger partial charge in [-0.1, -0.05) is 0 Å². The normalized spacial score (nSPS) is 23.6. The summed E-state index contributed by atoms with van der Waals surface area (Å²) >= 11 is 0. The lowest BCUT2D eigenvalue weighted by molar-refractivity contribution is 0.0933. The quantitative estimate of drug-likeness (QED) is 0.800. The predicted molar refractivity (Wildman–Crippen MR) is 75.4 cm³/mol. The average Bonchev–Trinajstić information content (AvgIpc) is 2.72. The van der Waals surface area contributed by atoms with Crippen molar-refractivity contribution in [3.8, 4) is 5.75 Å². The van der Waals surface area contributed by atoms with Crippen LogP contribution in [0.3, 0.4) is 0 Å². The van der Waals surface area contributed by atoms with E-state index in [1.54, 1.807) is 12.1 Å². The standard InChI is InChI=1S/C14H15NO5S/c16-13(10-3-6-21(18,19)8-10)9-1-2-12-11(7-9)14(17)15-4-5-20-12/h1-2,7,10H,3-6,8H2,(H,15,17). The van der Waals surface area contributed by atoms with Crippen LogP contribution in [0.1, 0.15) is 27.1 Å². The van der Waals surface area contributed by atoms with E-state index in [9.17, 15) is 18.0 Å². The molecule has 1 aromatic carbocycles. The Morgan fingerprint density at radius 2 is 2.14 bits per heavy atom.